The van der Waals surface area contributed by atoms with Gasteiger partial charge < -0.3 is 4.42 Å². The number of hydrogen-bond acceptors (Lipinski definition) is 2. The number of hydrogen-bond donors (Lipinski definition) is 0. The summed E-state index contributed by atoms with van der Waals surface area (Å²) in [7, 11) is 0. The van der Waals surface area contributed by atoms with Crippen molar-refractivity contribution in [3.05, 3.63) is 29.9 Å². The molecule has 0 aliphatic carbocycles. The molecule has 1 aromatic carbocycles. The zero-order valence-electron chi connectivity index (χ0n) is 6.60. The van der Waals surface area contributed by atoms with E-state index in [1.165, 1.54) is 12.1 Å². The van der Waals surface area contributed by atoms with Gasteiger partial charge in [-0.05, 0) is 12.1 Å². The molecule has 1 heterocycles. The van der Waals surface area contributed by atoms with Gasteiger partial charge in [-0.15, -0.1) is 0 Å². The highest BCUT2D eigenvalue weighted by molar-refractivity contribution is 9.09. The third kappa shape index (κ3) is 1.50. The number of alkyl halides is 3. The lowest BCUT2D eigenvalue weighted by atomic mass is 10.3. The minimum atomic E-state index is -3.38. The number of halogens is 4. The lowest BCUT2D eigenvalue weighted by molar-refractivity contribution is 0.0823. The minimum absolute atomic E-state index is 0.000810. The van der Waals surface area contributed by atoms with Crippen LogP contribution < -0.4 is 0 Å². The van der Waals surface area contributed by atoms with E-state index < -0.39 is 16.5 Å². The molecule has 0 atom stereocenters. The Kier molecular flexibility index (Phi) is 2.02. The highest BCUT2D eigenvalue weighted by Gasteiger charge is 2.34. The summed E-state index contributed by atoms with van der Waals surface area (Å²) in [6.07, 6.45) is 0. The Balaban J connectivity index is 2.69. The molecule has 0 spiro atoms. The first-order chi connectivity index (χ1) is 6.48. The van der Waals surface area contributed by atoms with E-state index in [1.54, 1.807) is 0 Å². The Hall–Kier alpha value is -1.04. The van der Waals surface area contributed by atoms with Crippen molar-refractivity contribution in [1.29, 1.82) is 0 Å². The Morgan fingerprint density at radius 2 is 2.07 bits per heavy atom. The van der Waals surface area contributed by atoms with E-state index in [0.29, 0.717) is 0 Å². The zero-order chi connectivity index (χ0) is 10.3. The van der Waals surface area contributed by atoms with Crippen LogP contribution >= 0.6 is 15.9 Å². The topological polar surface area (TPSA) is 26.0 Å². The molecule has 2 rings (SSSR count). The van der Waals surface area contributed by atoms with Crippen LogP contribution in [-0.2, 0) is 4.83 Å². The lowest BCUT2D eigenvalue weighted by Gasteiger charge is -1.99. The lowest BCUT2D eigenvalue weighted by Crippen LogP contribution is -2.01. The molecule has 14 heavy (non-hydrogen) atoms. The van der Waals surface area contributed by atoms with Crippen LogP contribution in [0.5, 0.6) is 0 Å². The number of para-hydroxylation sites is 1. The molecule has 0 amide bonds. The van der Waals surface area contributed by atoms with Crippen LogP contribution in [0, 0.1) is 5.82 Å². The fraction of sp³-hybridized carbons (Fsp3) is 0.125. The first-order valence-corrected chi connectivity index (χ1v) is 4.40. The molecular weight excluding hydrogens is 263 g/mol. The van der Waals surface area contributed by atoms with Gasteiger partial charge in [-0.1, -0.05) is 6.07 Å². The average molecular weight is 266 g/mol. The van der Waals surface area contributed by atoms with Gasteiger partial charge in [0.25, 0.3) is 5.89 Å². The fourth-order valence-corrected chi connectivity index (χ4v) is 1.21. The summed E-state index contributed by atoms with van der Waals surface area (Å²) in [5.74, 6) is -1.54. The van der Waals surface area contributed by atoms with Crippen LogP contribution in [0.15, 0.2) is 22.6 Å². The molecule has 0 N–H and O–H groups in total. The van der Waals surface area contributed by atoms with Gasteiger partial charge in [-0.25, -0.2) is 9.37 Å². The van der Waals surface area contributed by atoms with E-state index in [9.17, 15) is 13.2 Å². The molecule has 0 saturated heterocycles. The number of fused-ring (bicyclic) bond motifs is 1. The van der Waals surface area contributed by atoms with Crippen molar-refractivity contribution in [1.82, 2.24) is 4.98 Å². The summed E-state index contributed by atoms with van der Waals surface area (Å²) >= 11 is 2.08. The van der Waals surface area contributed by atoms with E-state index >= 15 is 0 Å². The summed E-state index contributed by atoms with van der Waals surface area (Å²) in [5, 5.41) is 0. The van der Waals surface area contributed by atoms with Gasteiger partial charge in [-0.2, -0.15) is 8.78 Å². The molecule has 1 aromatic heterocycles. The van der Waals surface area contributed by atoms with Gasteiger partial charge >= 0.3 is 4.83 Å². The zero-order valence-corrected chi connectivity index (χ0v) is 8.19. The molecule has 0 radical (unpaired) electrons. The van der Waals surface area contributed by atoms with Crippen LogP contribution in [-0.4, -0.2) is 4.98 Å². The quantitative estimate of drug-likeness (QED) is 0.739. The molecule has 0 saturated carbocycles. The number of oxazole rings is 1. The third-order valence-corrected chi connectivity index (χ3v) is 1.95. The molecule has 2 aromatic rings. The average Bonchev–Trinajstić information content (AvgIpc) is 2.48. The number of rotatable bonds is 1. The van der Waals surface area contributed by atoms with Gasteiger partial charge in [0, 0.05) is 15.9 Å². The second-order valence-electron chi connectivity index (χ2n) is 2.60. The van der Waals surface area contributed by atoms with E-state index in [1.807, 2.05) is 0 Å². The van der Waals surface area contributed by atoms with Crippen molar-refractivity contribution < 1.29 is 17.6 Å². The van der Waals surface area contributed by atoms with E-state index in [-0.39, 0.29) is 11.1 Å². The maximum atomic E-state index is 13.0. The van der Waals surface area contributed by atoms with Crippen molar-refractivity contribution in [2.75, 3.05) is 0 Å². The standard InChI is InChI=1S/C8H3BrF3NO/c9-8(11,12)7-13-6-4(10)2-1-3-5(6)14-7/h1-3H. The fourth-order valence-electron chi connectivity index (χ4n) is 1.04. The molecule has 0 aliphatic heterocycles. The number of benzene rings is 1. The Morgan fingerprint density at radius 3 is 2.64 bits per heavy atom. The predicted molar refractivity (Wildman–Crippen MR) is 46.8 cm³/mol. The molecule has 0 unspecified atom stereocenters. The smallest absolute Gasteiger partial charge is 0.375 e. The molecule has 0 fully saturated rings. The van der Waals surface area contributed by atoms with Gasteiger partial charge in [0.05, 0.1) is 0 Å². The van der Waals surface area contributed by atoms with Crippen LogP contribution in [0.4, 0.5) is 13.2 Å². The molecule has 0 bridgehead atoms. The van der Waals surface area contributed by atoms with E-state index in [4.69, 9.17) is 0 Å². The summed E-state index contributed by atoms with van der Waals surface area (Å²) in [4.78, 5) is -0.0316. The van der Waals surface area contributed by atoms with Gasteiger partial charge in [0.2, 0.25) is 0 Å². The number of nitrogens with zero attached hydrogens (tertiary/aromatic N) is 1. The van der Waals surface area contributed by atoms with Crippen molar-refractivity contribution in [3.8, 4) is 0 Å². The first-order valence-electron chi connectivity index (χ1n) is 3.61. The molecular formula is C8H3BrF3NO. The monoisotopic (exact) mass is 265 g/mol. The van der Waals surface area contributed by atoms with Crippen LogP contribution in [0.2, 0.25) is 0 Å². The molecule has 74 valence electrons. The van der Waals surface area contributed by atoms with Crippen molar-refractivity contribution in [2.24, 2.45) is 0 Å². The SMILES string of the molecule is Fc1cccc2oc(C(F)(F)Br)nc12. The van der Waals surface area contributed by atoms with Crippen LogP contribution in [0.25, 0.3) is 11.1 Å². The van der Waals surface area contributed by atoms with E-state index in [2.05, 4.69) is 25.3 Å². The Bertz CT molecular complexity index is 477. The highest BCUT2D eigenvalue weighted by atomic mass is 79.9. The summed E-state index contributed by atoms with van der Waals surface area (Å²) < 4.78 is 43.0. The normalized spacial score (nSPS) is 12.3. The Labute approximate surface area is 84.9 Å². The molecule has 0 aliphatic rings. The second-order valence-corrected chi connectivity index (χ2v) is 3.60. The Morgan fingerprint density at radius 1 is 1.36 bits per heavy atom. The summed E-state index contributed by atoms with van der Waals surface area (Å²) in [6, 6.07) is 3.85. The molecule has 6 heteroatoms. The maximum Gasteiger partial charge on any atom is 0.375 e. The largest absolute Gasteiger partial charge is 0.434 e. The van der Waals surface area contributed by atoms with Gasteiger partial charge in [0.1, 0.15) is 5.52 Å². The second kappa shape index (κ2) is 2.98. The first kappa shape index (κ1) is 9.51. The van der Waals surface area contributed by atoms with Crippen molar-refractivity contribution >= 4 is 27.0 Å². The van der Waals surface area contributed by atoms with Crippen LogP contribution in [0.3, 0.4) is 0 Å². The van der Waals surface area contributed by atoms with Crippen molar-refractivity contribution in [3.63, 3.8) is 0 Å². The minimum Gasteiger partial charge on any atom is -0.434 e. The highest BCUT2D eigenvalue weighted by Crippen LogP contribution is 2.35. The summed E-state index contributed by atoms with van der Waals surface area (Å²) in [5.41, 5.74) is -0.194. The van der Waals surface area contributed by atoms with Gasteiger partial charge in [0.15, 0.2) is 11.4 Å². The predicted octanol–water partition coefficient (Wildman–Crippen LogP) is 3.41. The number of aromatic nitrogens is 1. The maximum absolute atomic E-state index is 13.0. The van der Waals surface area contributed by atoms with Crippen molar-refractivity contribution in [2.45, 2.75) is 4.83 Å². The van der Waals surface area contributed by atoms with E-state index in [0.717, 1.165) is 6.07 Å². The van der Waals surface area contributed by atoms with Crippen LogP contribution in [0.1, 0.15) is 5.89 Å². The summed E-state index contributed by atoms with van der Waals surface area (Å²) in [6.45, 7) is 0. The van der Waals surface area contributed by atoms with Gasteiger partial charge in [-0.3, -0.25) is 0 Å². The molecule has 2 nitrogen and oxygen atoms in total. The third-order valence-electron chi connectivity index (χ3n) is 1.61.